The second-order valence-corrected chi connectivity index (χ2v) is 8.82. The third kappa shape index (κ3) is 8.84. The highest BCUT2D eigenvalue weighted by Crippen LogP contribution is 2.25. The van der Waals surface area contributed by atoms with Crippen molar-refractivity contribution in [1.29, 1.82) is 0 Å². The molecule has 0 aliphatic rings. The van der Waals surface area contributed by atoms with Gasteiger partial charge < -0.3 is 25.4 Å². The van der Waals surface area contributed by atoms with Crippen molar-refractivity contribution in [2.45, 2.75) is 53.7 Å². The van der Waals surface area contributed by atoms with Crippen LogP contribution in [0.2, 0.25) is 0 Å². The van der Waals surface area contributed by atoms with E-state index in [1.54, 1.807) is 45.0 Å². The van der Waals surface area contributed by atoms with Crippen LogP contribution in [0, 0.1) is 20.8 Å². The monoisotopic (exact) mass is 455 g/mol. The smallest absolute Gasteiger partial charge is 0.408 e. The normalized spacial score (nSPS) is 10.8. The first kappa shape index (κ1) is 25.7. The van der Waals surface area contributed by atoms with Crippen LogP contribution < -0.4 is 20.7 Å². The maximum atomic E-state index is 12.3. The fraction of sp³-hybridized carbons (Fsp3) is 0.400. The molecule has 3 amide bonds. The van der Waals surface area contributed by atoms with Crippen molar-refractivity contribution in [2.24, 2.45) is 0 Å². The Hall–Kier alpha value is -3.55. The lowest BCUT2D eigenvalue weighted by Gasteiger charge is -2.19. The van der Waals surface area contributed by atoms with Crippen molar-refractivity contribution in [1.82, 2.24) is 10.6 Å². The summed E-state index contributed by atoms with van der Waals surface area (Å²) in [5.74, 6) is 0.138. The first-order chi connectivity index (χ1) is 15.4. The van der Waals surface area contributed by atoms with Gasteiger partial charge in [-0.3, -0.25) is 9.59 Å². The van der Waals surface area contributed by atoms with Crippen LogP contribution in [-0.2, 0) is 20.9 Å². The van der Waals surface area contributed by atoms with Crippen LogP contribution in [-0.4, -0.2) is 36.7 Å². The van der Waals surface area contributed by atoms with Gasteiger partial charge in [0.25, 0.3) is 5.91 Å². The maximum Gasteiger partial charge on any atom is 0.408 e. The Bertz CT molecular complexity index is 994. The van der Waals surface area contributed by atoms with Gasteiger partial charge in [0.15, 0.2) is 6.61 Å². The van der Waals surface area contributed by atoms with E-state index in [1.165, 1.54) is 0 Å². The Labute approximate surface area is 195 Å². The van der Waals surface area contributed by atoms with Crippen molar-refractivity contribution in [3.63, 3.8) is 0 Å². The molecule has 2 aromatic rings. The van der Waals surface area contributed by atoms with Crippen molar-refractivity contribution >= 4 is 23.6 Å². The Morgan fingerprint density at radius 3 is 2.12 bits per heavy atom. The lowest BCUT2D eigenvalue weighted by molar-refractivity contribution is -0.120. The number of hydrogen-bond acceptors (Lipinski definition) is 5. The predicted molar refractivity (Wildman–Crippen MR) is 127 cm³/mol. The van der Waals surface area contributed by atoms with Gasteiger partial charge in [0.05, 0.1) is 0 Å². The molecular weight excluding hydrogens is 422 g/mol. The lowest BCUT2D eigenvalue weighted by atomic mass is 10.1. The molecule has 0 unspecified atom stereocenters. The predicted octanol–water partition coefficient (Wildman–Crippen LogP) is 3.77. The molecule has 0 saturated heterocycles. The van der Waals surface area contributed by atoms with Gasteiger partial charge in [-0.25, -0.2) is 4.79 Å². The number of nitrogens with one attached hydrogen (secondary N) is 3. The number of carbonyl (C=O) groups is 3. The highest BCUT2D eigenvalue weighted by atomic mass is 16.6. The van der Waals surface area contributed by atoms with E-state index in [-0.39, 0.29) is 31.5 Å². The highest BCUT2D eigenvalue weighted by molar-refractivity contribution is 5.92. The third-order valence-electron chi connectivity index (χ3n) is 4.74. The van der Waals surface area contributed by atoms with E-state index in [0.29, 0.717) is 5.69 Å². The molecule has 0 aliphatic heterocycles. The zero-order valence-electron chi connectivity index (χ0n) is 20.1. The number of rotatable bonds is 8. The number of benzene rings is 2. The number of aryl methyl sites for hydroxylation is 2. The van der Waals surface area contributed by atoms with Crippen molar-refractivity contribution < 1.29 is 23.9 Å². The van der Waals surface area contributed by atoms with Gasteiger partial charge in [0.1, 0.15) is 17.9 Å². The summed E-state index contributed by atoms with van der Waals surface area (Å²) in [5.41, 5.74) is 3.97. The minimum Gasteiger partial charge on any atom is -0.483 e. The zero-order chi connectivity index (χ0) is 24.6. The van der Waals surface area contributed by atoms with Gasteiger partial charge in [0.2, 0.25) is 5.91 Å². The Morgan fingerprint density at radius 2 is 1.48 bits per heavy atom. The molecule has 0 heterocycles. The molecule has 3 N–H and O–H groups in total. The van der Waals surface area contributed by atoms with Crippen LogP contribution in [0.3, 0.4) is 0 Å². The summed E-state index contributed by atoms with van der Waals surface area (Å²) in [6.45, 7) is 11.2. The molecule has 0 fully saturated rings. The molecule has 0 spiro atoms. The number of carbonyl (C=O) groups excluding carboxylic acids is 3. The van der Waals surface area contributed by atoms with Crippen LogP contribution in [0.15, 0.2) is 36.4 Å². The number of anilines is 1. The van der Waals surface area contributed by atoms with Gasteiger partial charge in [-0.1, -0.05) is 24.3 Å². The summed E-state index contributed by atoms with van der Waals surface area (Å²) in [6, 6.07) is 11.1. The molecule has 0 aromatic heterocycles. The zero-order valence-corrected chi connectivity index (χ0v) is 20.1. The van der Waals surface area contributed by atoms with Gasteiger partial charge in [0, 0.05) is 12.2 Å². The number of amides is 3. The molecule has 0 atom stereocenters. The average molecular weight is 456 g/mol. The van der Waals surface area contributed by atoms with E-state index in [2.05, 4.69) is 16.0 Å². The Kier molecular flexibility index (Phi) is 8.85. The van der Waals surface area contributed by atoms with E-state index in [0.717, 1.165) is 28.0 Å². The SMILES string of the molecule is Cc1ccc(C)c(OCC(=O)Nc2ccc(CNC(=O)CNC(=O)OC(C)(C)C)cc2)c1C. The summed E-state index contributed by atoms with van der Waals surface area (Å²) in [6.07, 6.45) is -0.644. The van der Waals surface area contributed by atoms with Crippen molar-refractivity contribution in [3.8, 4) is 5.75 Å². The minimum atomic E-state index is -0.644. The van der Waals surface area contributed by atoms with E-state index < -0.39 is 11.7 Å². The molecule has 2 aromatic carbocycles. The van der Waals surface area contributed by atoms with E-state index in [1.807, 2.05) is 32.9 Å². The fourth-order valence-corrected chi connectivity index (χ4v) is 2.92. The van der Waals surface area contributed by atoms with E-state index >= 15 is 0 Å². The summed E-state index contributed by atoms with van der Waals surface area (Å²) in [4.78, 5) is 35.8. The Balaban J connectivity index is 1.76. The Morgan fingerprint density at radius 1 is 0.848 bits per heavy atom. The average Bonchev–Trinajstić information content (AvgIpc) is 2.73. The first-order valence-corrected chi connectivity index (χ1v) is 10.8. The van der Waals surface area contributed by atoms with Crippen LogP contribution in [0.25, 0.3) is 0 Å². The molecular formula is C25H33N3O5. The summed E-state index contributed by atoms with van der Waals surface area (Å²) in [5, 5.41) is 7.92. The number of alkyl carbamates (subject to hydrolysis) is 1. The van der Waals surface area contributed by atoms with Crippen LogP contribution >= 0.6 is 0 Å². The third-order valence-corrected chi connectivity index (χ3v) is 4.74. The lowest BCUT2D eigenvalue weighted by Crippen LogP contribution is -2.39. The number of ether oxygens (including phenoxy) is 2. The van der Waals surface area contributed by atoms with Gasteiger partial charge in [-0.15, -0.1) is 0 Å². The molecule has 8 heteroatoms. The summed E-state index contributed by atoms with van der Waals surface area (Å²) >= 11 is 0. The molecule has 2 rings (SSSR count). The molecule has 0 saturated carbocycles. The van der Waals surface area contributed by atoms with Crippen LogP contribution in [0.1, 0.15) is 43.0 Å². The highest BCUT2D eigenvalue weighted by Gasteiger charge is 2.16. The van der Waals surface area contributed by atoms with E-state index in [4.69, 9.17) is 9.47 Å². The van der Waals surface area contributed by atoms with Crippen LogP contribution in [0.4, 0.5) is 10.5 Å². The second-order valence-electron chi connectivity index (χ2n) is 8.82. The van der Waals surface area contributed by atoms with Gasteiger partial charge >= 0.3 is 6.09 Å². The summed E-state index contributed by atoms with van der Waals surface area (Å²) in [7, 11) is 0. The first-order valence-electron chi connectivity index (χ1n) is 10.8. The molecule has 8 nitrogen and oxygen atoms in total. The van der Waals surface area contributed by atoms with E-state index in [9.17, 15) is 14.4 Å². The molecule has 0 aliphatic carbocycles. The van der Waals surface area contributed by atoms with Crippen molar-refractivity contribution in [3.05, 3.63) is 58.7 Å². The largest absolute Gasteiger partial charge is 0.483 e. The topological polar surface area (TPSA) is 106 Å². The summed E-state index contributed by atoms with van der Waals surface area (Å²) < 4.78 is 10.8. The van der Waals surface area contributed by atoms with Gasteiger partial charge in [-0.05, 0) is 75.9 Å². The molecule has 0 radical (unpaired) electrons. The molecule has 0 bridgehead atoms. The standard InChI is InChI=1S/C25H33N3O5/c1-16-7-8-17(2)23(18(16)3)32-15-22(30)28-20-11-9-19(10-12-20)13-26-21(29)14-27-24(31)33-25(4,5)6/h7-12H,13-15H2,1-6H3,(H,26,29)(H,27,31)(H,28,30). The quantitative estimate of drug-likeness (QED) is 0.562. The molecule has 178 valence electrons. The van der Waals surface area contributed by atoms with Gasteiger partial charge in [-0.2, -0.15) is 0 Å². The fourth-order valence-electron chi connectivity index (χ4n) is 2.92. The van der Waals surface area contributed by atoms with Crippen LogP contribution in [0.5, 0.6) is 5.75 Å². The number of hydrogen-bond donors (Lipinski definition) is 3. The second kappa shape index (κ2) is 11.4. The molecule has 33 heavy (non-hydrogen) atoms. The van der Waals surface area contributed by atoms with Crippen molar-refractivity contribution in [2.75, 3.05) is 18.5 Å². The maximum absolute atomic E-state index is 12.3. The minimum absolute atomic E-state index is 0.0897.